The Kier molecular flexibility index (Phi) is 5.28. The second-order valence-electron chi connectivity index (χ2n) is 6.24. The van der Waals surface area contributed by atoms with Crippen molar-refractivity contribution in [1.82, 2.24) is 10.4 Å². The van der Waals surface area contributed by atoms with Gasteiger partial charge in [-0.15, -0.1) is 0 Å². The van der Waals surface area contributed by atoms with E-state index in [0.29, 0.717) is 5.56 Å². The van der Waals surface area contributed by atoms with Gasteiger partial charge in [0.15, 0.2) is 0 Å². The quantitative estimate of drug-likeness (QED) is 0.889. The van der Waals surface area contributed by atoms with E-state index in [2.05, 4.69) is 24.5 Å². The van der Waals surface area contributed by atoms with E-state index in [1.54, 1.807) is 0 Å². The van der Waals surface area contributed by atoms with Crippen molar-refractivity contribution in [1.29, 1.82) is 0 Å². The van der Waals surface area contributed by atoms with Gasteiger partial charge in [0.1, 0.15) is 0 Å². The third-order valence-corrected chi connectivity index (χ3v) is 4.82. The SMILES string of the molecule is CC[C@H](CO)[C@H]1c2ccccc2CCN1NC(=O)c1ccccc1. The molecule has 0 spiro atoms. The lowest BCUT2D eigenvalue weighted by Gasteiger charge is -2.40. The van der Waals surface area contributed by atoms with E-state index in [9.17, 15) is 9.90 Å². The minimum atomic E-state index is -0.104. The number of carbonyl (C=O) groups is 1. The predicted molar refractivity (Wildman–Crippen MR) is 94.4 cm³/mol. The molecule has 2 aromatic rings. The predicted octanol–water partition coefficient (Wildman–Crippen LogP) is 2.95. The summed E-state index contributed by atoms with van der Waals surface area (Å²) in [6.45, 7) is 2.93. The molecule has 4 heteroatoms. The van der Waals surface area contributed by atoms with Gasteiger partial charge in [0.2, 0.25) is 0 Å². The van der Waals surface area contributed by atoms with E-state index in [-0.39, 0.29) is 24.5 Å². The van der Waals surface area contributed by atoms with Crippen LogP contribution in [0.1, 0.15) is 40.9 Å². The summed E-state index contributed by atoms with van der Waals surface area (Å²) in [4.78, 5) is 12.6. The number of carbonyl (C=O) groups excluding carboxylic acids is 1. The highest BCUT2D eigenvalue weighted by atomic mass is 16.3. The van der Waals surface area contributed by atoms with Crippen LogP contribution in [0.5, 0.6) is 0 Å². The summed E-state index contributed by atoms with van der Waals surface area (Å²) >= 11 is 0. The summed E-state index contributed by atoms with van der Waals surface area (Å²) in [6.07, 6.45) is 1.75. The number of rotatable bonds is 5. The molecule has 1 aliphatic heterocycles. The first-order chi connectivity index (χ1) is 11.7. The van der Waals surface area contributed by atoms with E-state index in [0.717, 1.165) is 19.4 Å². The highest BCUT2D eigenvalue weighted by Gasteiger charge is 2.33. The van der Waals surface area contributed by atoms with E-state index < -0.39 is 0 Å². The number of aliphatic hydroxyl groups is 1. The lowest BCUT2D eigenvalue weighted by Crippen LogP contribution is -2.50. The van der Waals surface area contributed by atoms with E-state index in [1.165, 1.54) is 11.1 Å². The molecule has 3 rings (SSSR count). The van der Waals surface area contributed by atoms with E-state index in [1.807, 2.05) is 47.5 Å². The average Bonchev–Trinajstić information content (AvgIpc) is 2.64. The lowest BCUT2D eigenvalue weighted by molar-refractivity contribution is 0.0369. The van der Waals surface area contributed by atoms with Crippen LogP contribution in [0.4, 0.5) is 0 Å². The highest BCUT2D eigenvalue weighted by molar-refractivity contribution is 5.93. The summed E-state index contributed by atoms with van der Waals surface area (Å²) in [6, 6.07) is 17.6. The molecular formula is C20H24N2O2. The largest absolute Gasteiger partial charge is 0.396 e. The molecule has 0 aromatic heterocycles. The first-order valence-corrected chi connectivity index (χ1v) is 8.56. The number of amides is 1. The van der Waals surface area contributed by atoms with Gasteiger partial charge in [-0.2, -0.15) is 0 Å². The molecule has 2 atom stereocenters. The molecule has 0 aliphatic carbocycles. The minimum absolute atomic E-state index is 0.00221. The molecule has 0 unspecified atom stereocenters. The van der Waals surface area contributed by atoms with Crippen molar-refractivity contribution >= 4 is 5.91 Å². The normalized spacial score (nSPS) is 18.7. The zero-order valence-corrected chi connectivity index (χ0v) is 14.0. The van der Waals surface area contributed by atoms with E-state index in [4.69, 9.17) is 0 Å². The van der Waals surface area contributed by atoms with Crippen LogP contribution in [-0.4, -0.2) is 29.2 Å². The number of fused-ring (bicyclic) bond motifs is 1. The molecule has 0 fully saturated rings. The van der Waals surface area contributed by atoms with Gasteiger partial charge in [0.05, 0.1) is 6.04 Å². The van der Waals surface area contributed by atoms with Gasteiger partial charge >= 0.3 is 0 Å². The Hall–Kier alpha value is -2.17. The van der Waals surface area contributed by atoms with Crippen LogP contribution in [0.3, 0.4) is 0 Å². The van der Waals surface area contributed by atoms with Crippen molar-refractivity contribution in [3.05, 3.63) is 71.3 Å². The second-order valence-corrected chi connectivity index (χ2v) is 6.24. The summed E-state index contributed by atoms with van der Waals surface area (Å²) in [7, 11) is 0. The van der Waals surface area contributed by atoms with Crippen LogP contribution in [0.25, 0.3) is 0 Å². The Morgan fingerprint density at radius 2 is 1.92 bits per heavy atom. The number of hydrogen-bond acceptors (Lipinski definition) is 3. The molecule has 4 nitrogen and oxygen atoms in total. The summed E-state index contributed by atoms with van der Waals surface area (Å²) in [5.41, 5.74) is 6.22. The fourth-order valence-electron chi connectivity index (χ4n) is 3.47. The van der Waals surface area contributed by atoms with Gasteiger partial charge in [-0.05, 0) is 36.1 Å². The molecular weight excluding hydrogens is 300 g/mol. The molecule has 1 aliphatic rings. The zero-order valence-electron chi connectivity index (χ0n) is 14.0. The molecule has 1 heterocycles. The Labute approximate surface area is 143 Å². The van der Waals surface area contributed by atoms with Crippen LogP contribution in [-0.2, 0) is 6.42 Å². The standard InChI is InChI=1S/C20H24N2O2/c1-2-15(14-23)19-18-11-7-6-8-16(18)12-13-22(19)21-20(24)17-9-4-3-5-10-17/h3-11,15,19,23H,2,12-14H2,1H3,(H,21,24)/t15-,19+/m1/s1. The van der Waals surface area contributed by atoms with Gasteiger partial charge < -0.3 is 5.11 Å². The molecule has 126 valence electrons. The Morgan fingerprint density at radius 1 is 1.21 bits per heavy atom. The summed E-state index contributed by atoms with van der Waals surface area (Å²) in [5, 5.41) is 11.8. The van der Waals surface area contributed by atoms with Crippen LogP contribution < -0.4 is 5.43 Å². The lowest BCUT2D eigenvalue weighted by atomic mass is 9.84. The van der Waals surface area contributed by atoms with Crippen molar-refractivity contribution in [2.75, 3.05) is 13.2 Å². The Morgan fingerprint density at radius 3 is 2.62 bits per heavy atom. The Balaban J connectivity index is 1.87. The monoisotopic (exact) mass is 324 g/mol. The average molecular weight is 324 g/mol. The molecule has 2 aromatic carbocycles. The number of hydrogen-bond donors (Lipinski definition) is 2. The van der Waals surface area contributed by atoms with Crippen molar-refractivity contribution in [3.8, 4) is 0 Å². The first kappa shape index (κ1) is 16.7. The maximum absolute atomic E-state index is 12.6. The van der Waals surface area contributed by atoms with Crippen molar-refractivity contribution < 1.29 is 9.90 Å². The molecule has 1 amide bonds. The number of benzene rings is 2. The number of aliphatic hydroxyl groups excluding tert-OH is 1. The third-order valence-electron chi connectivity index (χ3n) is 4.82. The van der Waals surface area contributed by atoms with Gasteiger partial charge in [-0.25, -0.2) is 5.01 Å². The maximum atomic E-state index is 12.6. The van der Waals surface area contributed by atoms with Crippen LogP contribution in [0.15, 0.2) is 54.6 Å². The molecule has 24 heavy (non-hydrogen) atoms. The smallest absolute Gasteiger partial charge is 0.265 e. The van der Waals surface area contributed by atoms with Gasteiger partial charge in [-0.1, -0.05) is 49.4 Å². The van der Waals surface area contributed by atoms with Crippen molar-refractivity contribution in [2.24, 2.45) is 5.92 Å². The van der Waals surface area contributed by atoms with E-state index >= 15 is 0 Å². The number of nitrogens with zero attached hydrogens (tertiary/aromatic N) is 1. The minimum Gasteiger partial charge on any atom is -0.396 e. The van der Waals surface area contributed by atoms with Crippen LogP contribution in [0.2, 0.25) is 0 Å². The third kappa shape index (κ3) is 3.35. The van der Waals surface area contributed by atoms with Crippen LogP contribution in [0, 0.1) is 5.92 Å². The van der Waals surface area contributed by atoms with Gasteiger partial charge in [0.25, 0.3) is 5.91 Å². The fraction of sp³-hybridized carbons (Fsp3) is 0.350. The summed E-state index contributed by atoms with van der Waals surface area (Å²) in [5.74, 6) is -0.0182. The van der Waals surface area contributed by atoms with Gasteiger partial charge in [-0.3, -0.25) is 10.2 Å². The molecule has 0 bridgehead atoms. The number of hydrazine groups is 1. The molecule has 0 radical (unpaired) electrons. The van der Waals surface area contributed by atoms with Crippen molar-refractivity contribution in [2.45, 2.75) is 25.8 Å². The molecule has 0 saturated carbocycles. The zero-order chi connectivity index (χ0) is 16.9. The highest BCUT2D eigenvalue weighted by Crippen LogP contribution is 2.35. The molecule has 0 saturated heterocycles. The van der Waals surface area contributed by atoms with Crippen LogP contribution >= 0.6 is 0 Å². The Bertz CT molecular complexity index is 683. The fourth-order valence-corrected chi connectivity index (χ4v) is 3.47. The summed E-state index contributed by atoms with van der Waals surface area (Å²) < 4.78 is 0. The first-order valence-electron chi connectivity index (χ1n) is 8.56. The van der Waals surface area contributed by atoms with Crippen molar-refractivity contribution in [3.63, 3.8) is 0 Å². The number of nitrogens with one attached hydrogen (secondary N) is 1. The second kappa shape index (κ2) is 7.60. The maximum Gasteiger partial charge on any atom is 0.265 e. The van der Waals surface area contributed by atoms with Gasteiger partial charge in [0, 0.05) is 24.6 Å². The topological polar surface area (TPSA) is 52.6 Å². The molecule has 2 N–H and O–H groups in total.